The molecule has 4 atom stereocenters. The molecule has 2 rings (SSSR count). The number of carboxylic acids is 1. The van der Waals surface area contributed by atoms with E-state index < -0.39 is 84.8 Å². The van der Waals surface area contributed by atoms with Crippen molar-refractivity contribution in [1.29, 1.82) is 0 Å². The van der Waals surface area contributed by atoms with E-state index in [1.54, 1.807) is 19.9 Å². The van der Waals surface area contributed by atoms with Gasteiger partial charge in [-0.1, -0.05) is 56.3 Å². The summed E-state index contributed by atoms with van der Waals surface area (Å²) in [7, 11) is 0. The minimum Gasteiger partial charge on any atom is -0.481 e. The quantitative estimate of drug-likeness (QED) is 0.129. The molecule has 0 aliphatic rings. The van der Waals surface area contributed by atoms with Gasteiger partial charge in [0.05, 0.1) is 12.8 Å². The Morgan fingerprint density at radius 3 is 1.95 bits per heavy atom. The van der Waals surface area contributed by atoms with E-state index in [0.29, 0.717) is 5.56 Å². The predicted octanol–water partition coefficient (Wildman–Crippen LogP) is -0.777. The molecule has 0 saturated heterocycles. The Bertz CT molecular complexity index is 1380. The monoisotopic (exact) mass is 598 g/mol. The SMILES string of the molecule is CC(C)[C@H](NC(=O)[C@H](C)NC(=O)[C@H](CC(N)=O)NC(=O)[C@H](Cc1ccc2ccccc2c1)NC(=O)CCC(=O)O)C(N)=O. The van der Waals surface area contributed by atoms with Crippen molar-refractivity contribution in [1.82, 2.24) is 21.3 Å². The number of carboxylic acid groups (broad SMARTS) is 1. The molecule has 0 heterocycles. The van der Waals surface area contributed by atoms with Crippen LogP contribution in [0.15, 0.2) is 42.5 Å². The summed E-state index contributed by atoms with van der Waals surface area (Å²) in [5, 5.41) is 20.5. The van der Waals surface area contributed by atoms with E-state index in [2.05, 4.69) is 21.3 Å². The Balaban J connectivity index is 2.23. The molecule has 0 saturated carbocycles. The molecule has 43 heavy (non-hydrogen) atoms. The van der Waals surface area contributed by atoms with Gasteiger partial charge in [0.15, 0.2) is 0 Å². The molecular weight excluding hydrogens is 560 g/mol. The smallest absolute Gasteiger partial charge is 0.303 e. The van der Waals surface area contributed by atoms with Crippen molar-refractivity contribution in [3.63, 3.8) is 0 Å². The second-order valence-corrected chi connectivity index (χ2v) is 10.5. The predicted molar refractivity (Wildman–Crippen MR) is 156 cm³/mol. The first kappa shape index (κ1) is 34.2. The van der Waals surface area contributed by atoms with Gasteiger partial charge in [-0.05, 0) is 29.2 Å². The normalized spacial score (nSPS) is 13.7. The molecule has 0 aliphatic carbocycles. The van der Waals surface area contributed by atoms with Crippen LogP contribution in [-0.2, 0) is 40.0 Å². The van der Waals surface area contributed by atoms with Crippen LogP contribution in [0.1, 0.15) is 45.6 Å². The fraction of sp³-hybridized carbons (Fsp3) is 0.414. The average Bonchev–Trinajstić information content (AvgIpc) is 2.93. The number of carbonyl (C=O) groups is 7. The van der Waals surface area contributed by atoms with Gasteiger partial charge in [-0.15, -0.1) is 0 Å². The van der Waals surface area contributed by atoms with Gasteiger partial charge in [0.1, 0.15) is 24.2 Å². The van der Waals surface area contributed by atoms with Crippen molar-refractivity contribution in [3.05, 3.63) is 48.0 Å². The minimum absolute atomic E-state index is 0.0249. The maximum Gasteiger partial charge on any atom is 0.303 e. The number of benzene rings is 2. The summed E-state index contributed by atoms with van der Waals surface area (Å²) in [5.41, 5.74) is 11.3. The van der Waals surface area contributed by atoms with Crippen LogP contribution < -0.4 is 32.7 Å². The summed E-state index contributed by atoms with van der Waals surface area (Å²) < 4.78 is 0. The third kappa shape index (κ3) is 11.1. The van der Waals surface area contributed by atoms with Gasteiger partial charge in [0, 0.05) is 12.8 Å². The Hall–Kier alpha value is -5.01. The highest BCUT2D eigenvalue weighted by atomic mass is 16.4. The van der Waals surface area contributed by atoms with Gasteiger partial charge in [-0.25, -0.2) is 0 Å². The van der Waals surface area contributed by atoms with E-state index in [1.807, 2.05) is 36.4 Å². The summed E-state index contributed by atoms with van der Waals surface area (Å²) in [6.07, 6.45) is -1.51. The summed E-state index contributed by atoms with van der Waals surface area (Å²) in [5.74, 6) is -6.41. The van der Waals surface area contributed by atoms with Gasteiger partial charge in [-0.3, -0.25) is 33.6 Å². The lowest BCUT2D eigenvalue weighted by molar-refractivity contribution is -0.139. The van der Waals surface area contributed by atoms with E-state index in [9.17, 15) is 33.6 Å². The highest BCUT2D eigenvalue weighted by Gasteiger charge is 2.31. The first-order valence-corrected chi connectivity index (χ1v) is 13.7. The van der Waals surface area contributed by atoms with Gasteiger partial charge >= 0.3 is 5.97 Å². The zero-order valence-corrected chi connectivity index (χ0v) is 24.2. The number of aliphatic carboxylic acids is 1. The molecule has 0 unspecified atom stereocenters. The fourth-order valence-electron chi connectivity index (χ4n) is 4.20. The van der Waals surface area contributed by atoms with Gasteiger partial charge in [-0.2, -0.15) is 0 Å². The van der Waals surface area contributed by atoms with Gasteiger partial charge in [0.2, 0.25) is 35.4 Å². The van der Waals surface area contributed by atoms with Gasteiger partial charge < -0.3 is 37.8 Å². The summed E-state index contributed by atoms with van der Waals surface area (Å²) in [6, 6.07) is 7.95. The van der Waals surface area contributed by atoms with Crippen LogP contribution in [0.3, 0.4) is 0 Å². The van der Waals surface area contributed by atoms with Crippen LogP contribution >= 0.6 is 0 Å². The van der Waals surface area contributed by atoms with Crippen molar-refractivity contribution < 1.29 is 38.7 Å². The van der Waals surface area contributed by atoms with Crippen LogP contribution in [0.4, 0.5) is 0 Å². The van der Waals surface area contributed by atoms with Crippen LogP contribution in [0.2, 0.25) is 0 Å². The lowest BCUT2D eigenvalue weighted by atomic mass is 10.0. The van der Waals surface area contributed by atoms with Crippen molar-refractivity contribution in [2.24, 2.45) is 17.4 Å². The molecule has 0 radical (unpaired) electrons. The summed E-state index contributed by atoms with van der Waals surface area (Å²) in [4.78, 5) is 85.8. The highest BCUT2D eigenvalue weighted by Crippen LogP contribution is 2.17. The molecule has 0 aromatic heterocycles. The molecule has 14 heteroatoms. The number of hydrogen-bond donors (Lipinski definition) is 7. The Kier molecular flexibility index (Phi) is 12.6. The number of hydrogen-bond acceptors (Lipinski definition) is 7. The van der Waals surface area contributed by atoms with Crippen molar-refractivity contribution in [2.75, 3.05) is 0 Å². The Morgan fingerprint density at radius 2 is 1.37 bits per heavy atom. The molecule has 0 spiro atoms. The van der Waals surface area contributed by atoms with Crippen LogP contribution in [0, 0.1) is 5.92 Å². The number of rotatable bonds is 16. The number of primary amides is 2. The van der Waals surface area contributed by atoms with E-state index in [4.69, 9.17) is 16.6 Å². The molecule has 2 aromatic rings. The summed E-state index contributed by atoms with van der Waals surface area (Å²) in [6.45, 7) is 4.68. The largest absolute Gasteiger partial charge is 0.481 e. The topological polar surface area (TPSA) is 240 Å². The van der Waals surface area contributed by atoms with E-state index in [1.165, 1.54) is 6.92 Å². The molecule has 0 fully saturated rings. The number of fused-ring (bicyclic) bond motifs is 1. The molecule has 6 amide bonds. The van der Waals surface area contributed by atoms with Crippen molar-refractivity contribution >= 4 is 52.2 Å². The lowest BCUT2D eigenvalue weighted by Gasteiger charge is -2.25. The fourth-order valence-corrected chi connectivity index (χ4v) is 4.20. The Morgan fingerprint density at radius 1 is 0.744 bits per heavy atom. The molecule has 232 valence electrons. The highest BCUT2D eigenvalue weighted by molar-refractivity contribution is 5.97. The maximum atomic E-state index is 13.4. The molecule has 0 bridgehead atoms. The van der Waals surface area contributed by atoms with E-state index in [0.717, 1.165) is 10.8 Å². The zero-order valence-electron chi connectivity index (χ0n) is 24.2. The second kappa shape index (κ2) is 15.8. The third-order valence-electron chi connectivity index (χ3n) is 6.53. The van der Waals surface area contributed by atoms with Crippen LogP contribution in [0.25, 0.3) is 10.8 Å². The lowest BCUT2D eigenvalue weighted by Crippen LogP contribution is -2.58. The zero-order chi connectivity index (χ0) is 32.3. The third-order valence-corrected chi connectivity index (χ3v) is 6.53. The average molecular weight is 599 g/mol. The van der Waals surface area contributed by atoms with Crippen LogP contribution in [-0.4, -0.2) is 70.7 Å². The maximum absolute atomic E-state index is 13.4. The Labute approximate surface area is 248 Å². The van der Waals surface area contributed by atoms with Crippen LogP contribution in [0.5, 0.6) is 0 Å². The first-order valence-electron chi connectivity index (χ1n) is 13.7. The van der Waals surface area contributed by atoms with E-state index in [-0.39, 0.29) is 12.3 Å². The van der Waals surface area contributed by atoms with E-state index >= 15 is 0 Å². The number of nitrogens with two attached hydrogens (primary N) is 2. The molecule has 9 N–H and O–H groups in total. The molecule has 14 nitrogen and oxygen atoms in total. The number of carbonyl (C=O) groups excluding carboxylic acids is 6. The minimum atomic E-state index is -1.52. The molecule has 0 aliphatic heterocycles. The first-order chi connectivity index (χ1) is 20.2. The summed E-state index contributed by atoms with van der Waals surface area (Å²) >= 11 is 0. The second-order valence-electron chi connectivity index (χ2n) is 10.5. The van der Waals surface area contributed by atoms with Crippen molar-refractivity contribution in [3.8, 4) is 0 Å². The van der Waals surface area contributed by atoms with Crippen molar-refractivity contribution in [2.45, 2.75) is 70.6 Å². The molecule has 2 aromatic carbocycles. The standard InChI is InChI=1S/C29H38N6O8/c1-15(2)25(26(31)40)35-27(41)16(3)32-28(42)21(14-22(30)36)34-29(43)20(33-23(37)10-11-24(38)39)13-17-8-9-18-6-4-5-7-19(18)12-17/h4-9,12,15-16,20-21,25H,10-11,13-14H2,1-3H3,(H2,30,36)(H2,31,40)(H,32,42)(H,33,37)(H,34,43)(H,35,41)(H,38,39)/t16-,20-,21-,25-/m0/s1. The molecular formula is C29H38N6O8. The van der Waals surface area contributed by atoms with Gasteiger partial charge in [0.25, 0.3) is 0 Å². The number of nitrogens with one attached hydrogen (secondary N) is 4. The number of amides is 6.